The van der Waals surface area contributed by atoms with Gasteiger partial charge in [0.1, 0.15) is 5.82 Å². The van der Waals surface area contributed by atoms with Crippen molar-refractivity contribution in [2.24, 2.45) is 5.92 Å². The van der Waals surface area contributed by atoms with E-state index in [2.05, 4.69) is 10.6 Å². The van der Waals surface area contributed by atoms with Crippen molar-refractivity contribution in [2.75, 3.05) is 16.4 Å². The van der Waals surface area contributed by atoms with Crippen molar-refractivity contribution in [3.8, 4) is 0 Å². The van der Waals surface area contributed by atoms with Crippen LogP contribution in [0, 0.1) is 18.7 Å². The Morgan fingerprint density at radius 3 is 2.70 bits per heavy atom. The zero-order valence-corrected chi connectivity index (χ0v) is 13.3. The topological polar surface area (TPSA) is 84.2 Å². The number of hydrogen-bond donors (Lipinski definition) is 3. The molecule has 1 aromatic carbocycles. The van der Waals surface area contributed by atoms with Crippen LogP contribution in [0.25, 0.3) is 0 Å². The molecule has 23 heavy (non-hydrogen) atoms. The Balaban J connectivity index is 1.75. The minimum Gasteiger partial charge on any atom is -0.397 e. The minimum atomic E-state index is -0.477. The summed E-state index contributed by atoms with van der Waals surface area (Å²) in [5.74, 6) is -0.763. The van der Waals surface area contributed by atoms with Gasteiger partial charge in [0, 0.05) is 5.92 Å². The van der Waals surface area contributed by atoms with E-state index in [1.54, 1.807) is 13.0 Å². The van der Waals surface area contributed by atoms with Crippen LogP contribution in [-0.4, -0.2) is 11.8 Å². The van der Waals surface area contributed by atoms with Crippen LogP contribution < -0.4 is 16.4 Å². The Kier molecular flexibility index (Phi) is 4.04. The molecule has 4 N–H and O–H groups in total. The summed E-state index contributed by atoms with van der Waals surface area (Å²) in [6.07, 6.45) is 1.84. The van der Waals surface area contributed by atoms with E-state index in [9.17, 15) is 14.0 Å². The summed E-state index contributed by atoms with van der Waals surface area (Å²) in [6, 6.07) is 5.56. The van der Waals surface area contributed by atoms with E-state index < -0.39 is 5.82 Å². The second-order valence-corrected chi connectivity index (χ2v) is 6.62. The number of rotatable bonds is 4. The third kappa shape index (κ3) is 3.50. The van der Waals surface area contributed by atoms with E-state index in [1.807, 2.05) is 0 Å². The van der Waals surface area contributed by atoms with Crippen molar-refractivity contribution >= 4 is 39.5 Å². The highest BCUT2D eigenvalue weighted by atomic mass is 32.1. The average Bonchev–Trinajstić information content (AvgIpc) is 3.27. The van der Waals surface area contributed by atoms with Gasteiger partial charge in [-0.25, -0.2) is 4.39 Å². The number of carbonyl (C=O) groups excluding carboxylic acids is 2. The molecule has 0 spiro atoms. The maximum Gasteiger partial charge on any atom is 0.266 e. The first-order chi connectivity index (χ1) is 10.9. The molecule has 0 saturated heterocycles. The van der Waals surface area contributed by atoms with E-state index in [4.69, 9.17) is 5.73 Å². The number of nitrogen functional groups attached to an aromatic ring is 1. The molecular weight excluding hydrogens is 317 g/mol. The number of nitrogens with two attached hydrogens (primary N) is 1. The second-order valence-electron chi connectivity index (χ2n) is 5.57. The summed E-state index contributed by atoms with van der Waals surface area (Å²) in [4.78, 5) is 24.6. The van der Waals surface area contributed by atoms with Gasteiger partial charge in [-0.05, 0) is 49.6 Å². The predicted octanol–water partition coefficient (Wildman–Crippen LogP) is 3.38. The SMILES string of the molecule is Cc1cc(NC(=O)C2CC2)sc1C(=O)Nc1cc(F)ccc1N. The molecule has 1 fully saturated rings. The lowest BCUT2D eigenvalue weighted by Crippen LogP contribution is -2.13. The zero-order valence-electron chi connectivity index (χ0n) is 12.5. The van der Waals surface area contributed by atoms with Gasteiger partial charge in [0.2, 0.25) is 5.91 Å². The van der Waals surface area contributed by atoms with E-state index in [0.717, 1.165) is 18.4 Å². The van der Waals surface area contributed by atoms with E-state index in [0.29, 0.717) is 9.88 Å². The van der Waals surface area contributed by atoms with Crippen LogP contribution in [0.15, 0.2) is 24.3 Å². The van der Waals surface area contributed by atoms with Crippen molar-refractivity contribution in [1.82, 2.24) is 0 Å². The number of nitrogens with one attached hydrogen (secondary N) is 2. The Morgan fingerprint density at radius 2 is 2.00 bits per heavy atom. The van der Waals surface area contributed by atoms with Crippen LogP contribution in [0.2, 0.25) is 0 Å². The predicted molar refractivity (Wildman–Crippen MR) is 89.2 cm³/mol. The summed E-state index contributed by atoms with van der Waals surface area (Å²) in [5, 5.41) is 6.06. The molecule has 0 atom stereocenters. The molecule has 5 nitrogen and oxygen atoms in total. The van der Waals surface area contributed by atoms with Crippen molar-refractivity contribution in [2.45, 2.75) is 19.8 Å². The molecule has 7 heteroatoms. The highest BCUT2D eigenvalue weighted by Gasteiger charge is 2.30. The Bertz CT molecular complexity index is 784. The molecule has 0 aliphatic heterocycles. The molecule has 2 aromatic rings. The maximum absolute atomic E-state index is 13.3. The Morgan fingerprint density at radius 1 is 1.26 bits per heavy atom. The minimum absolute atomic E-state index is 0.00687. The van der Waals surface area contributed by atoms with E-state index >= 15 is 0 Å². The number of amides is 2. The van der Waals surface area contributed by atoms with Gasteiger partial charge in [-0.15, -0.1) is 11.3 Å². The van der Waals surface area contributed by atoms with Gasteiger partial charge in [-0.3, -0.25) is 9.59 Å². The Hall–Kier alpha value is -2.41. The number of halogens is 1. The molecule has 120 valence electrons. The molecule has 1 heterocycles. The molecular formula is C16H16FN3O2S. The van der Waals surface area contributed by atoms with Crippen LogP contribution >= 0.6 is 11.3 Å². The van der Waals surface area contributed by atoms with Crippen molar-refractivity contribution in [1.29, 1.82) is 0 Å². The average molecular weight is 333 g/mol. The van der Waals surface area contributed by atoms with Crippen molar-refractivity contribution < 1.29 is 14.0 Å². The first-order valence-electron chi connectivity index (χ1n) is 7.21. The lowest BCUT2D eigenvalue weighted by Gasteiger charge is -2.07. The van der Waals surface area contributed by atoms with Crippen LogP contribution in [0.4, 0.5) is 20.8 Å². The third-order valence-electron chi connectivity index (χ3n) is 3.58. The lowest BCUT2D eigenvalue weighted by atomic mass is 10.2. The highest BCUT2D eigenvalue weighted by molar-refractivity contribution is 7.18. The van der Waals surface area contributed by atoms with Gasteiger partial charge in [0.25, 0.3) is 5.91 Å². The van der Waals surface area contributed by atoms with Crippen LogP contribution in [0.3, 0.4) is 0 Å². The summed E-state index contributed by atoms with van der Waals surface area (Å²) < 4.78 is 13.3. The van der Waals surface area contributed by atoms with Crippen LogP contribution in [0.1, 0.15) is 28.1 Å². The molecule has 1 aliphatic rings. The van der Waals surface area contributed by atoms with Gasteiger partial charge in [0.15, 0.2) is 0 Å². The quantitative estimate of drug-likeness (QED) is 0.750. The first kappa shape index (κ1) is 15.5. The molecule has 2 amide bonds. The lowest BCUT2D eigenvalue weighted by molar-refractivity contribution is -0.117. The normalized spacial score (nSPS) is 13.7. The number of hydrogen-bond acceptors (Lipinski definition) is 4. The summed E-state index contributed by atoms with van der Waals surface area (Å²) in [7, 11) is 0. The van der Waals surface area contributed by atoms with E-state index in [1.165, 1.54) is 29.5 Å². The Labute approximate surface area is 136 Å². The van der Waals surface area contributed by atoms with E-state index in [-0.39, 0.29) is 29.1 Å². The largest absolute Gasteiger partial charge is 0.397 e. The number of anilines is 3. The van der Waals surface area contributed by atoms with Crippen molar-refractivity contribution in [3.05, 3.63) is 40.5 Å². The van der Waals surface area contributed by atoms with Gasteiger partial charge >= 0.3 is 0 Å². The third-order valence-corrected chi connectivity index (χ3v) is 4.73. The molecule has 3 rings (SSSR count). The fourth-order valence-corrected chi connectivity index (χ4v) is 3.12. The highest BCUT2D eigenvalue weighted by Crippen LogP contribution is 2.33. The molecule has 0 radical (unpaired) electrons. The molecule has 0 unspecified atom stereocenters. The fraction of sp³-hybridized carbons (Fsp3) is 0.250. The number of carbonyl (C=O) groups is 2. The summed E-state index contributed by atoms with van der Waals surface area (Å²) >= 11 is 1.19. The summed E-state index contributed by atoms with van der Waals surface area (Å²) in [6.45, 7) is 1.78. The molecule has 0 bridgehead atoms. The van der Waals surface area contributed by atoms with Crippen molar-refractivity contribution in [3.63, 3.8) is 0 Å². The smallest absolute Gasteiger partial charge is 0.266 e. The summed E-state index contributed by atoms with van der Waals surface area (Å²) in [5.41, 5.74) is 6.99. The fourth-order valence-electron chi connectivity index (χ4n) is 2.15. The number of benzene rings is 1. The van der Waals surface area contributed by atoms with Gasteiger partial charge in [-0.2, -0.15) is 0 Å². The van der Waals surface area contributed by atoms with Gasteiger partial charge in [0.05, 0.1) is 21.3 Å². The molecule has 1 aromatic heterocycles. The molecule has 1 aliphatic carbocycles. The maximum atomic E-state index is 13.3. The first-order valence-corrected chi connectivity index (χ1v) is 8.03. The van der Waals surface area contributed by atoms with Crippen LogP contribution in [0.5, 0.6) is 0 Å². The number of thiophene rings is 1. The van der Waals surface area contributed by atoms with Crippen LogP contribution in [-0.2, 0) is 4.79 Å². The van der Waals surface area contributed by atoms with Gasteiger partial charge < -0.3 is 16.4 Å². The standard InChI is InChI=1S/C16H16FN3O2S/c1-8-6-13(20-15(21)9-2-3-9)23-14(8)16(22)19-12-7-10(17)4-5-11(12)18/h4-7,9H,2-3,18H2,1H3,(H,19,22)(H,20,21). The second kappa shape index (κ2) is 6.00. The molecule has 1 saturated carbocycles. The zero-order chi connectivity index (χ0) is 16.6. The van der Waals surface area contributed by atoms with Gasteiger partial charge in [-0.1, -0.05) is 0 Å². The number of aryl methyl sites for hydroxylation is 1. The monoisotopic (exact) mass is 333 g/mol.